The third-order valence-corrected chi connectivity index (χ3v) is 12.4. The summed E-state index contributed by atoms with van der Waals surface area (Å²) < 4.78 is 13.2. The number of hydrogen-bond donors (Lipinski definition) is 0. The maximum atomic E-state index is 6.68. The fraction of sp³-hybridized carbons (Fsp3) is 0.213. The van der Waals surface area contributed by atoms with Gasteiger partial charge in [-0.15, -0.1) is 29.7 Å². The van der Waals surface area contributed by atoms with E-state index in [2.05, 4.69) is 234 Å². The minimum Gasteiger partial charge on any atom is -0.510 e. The maximum absolute atomic E-state index is 6.68. The molecular weight excluding hydrogens is 1000 g/mol. The zero-order valence-electron chi connectivity index (χ0n) is 39.8. The van der Waals surface area contributed by atoms with Gasteiger partial charge in [-0.1, -0.05) is 177 Å². The number of nitrogens with zero attached hydrogens (tertiary/aromatic N) is 4. The van der Waals surface area contributed by atoms with Gasteiger partial charge in [-0.2, -0.15) is 18.2 Å². The topological polar surface area (TPSA) is 35.9 Å². The summed E-state index contributed by atoms with van der Waals surface area (Å²) >= 11 is 0. The molecule has 0 aliphatic rings. The summed E-state index contributed by atoms with van der Waals surface area (Å²) in [4.78, 5) is 4.88. The van der Waals surface area contributed by atoms with Gasteiger partial charge in [0.2, 0.25) is 0 Å². The second kappa shape index (κ2) is 17.6. The first-order valence-corrected chi connectivity index (χ1v) is 23.0. The van der Waals surface area contributed by atoms with E-state index in [4.69, 9.17) is 9.72 Å². The average molecular weight is 1060 g/mol. The van der Waals surface area contributed by atoms with Crippen molar-refractivity contribution < 1.29 is 30.4 Å². The Labute approximate surface area is 410 Å². The van der Waals surface area contributed by atoms with E-state index in [-0.39, 0.29) is 37.3 Å². The molecule has 0 radical (unpaired) electrons. The van der Waals surface area contributed by atoms with Crippen LogP contribution in [0.2, 0.25) is 0 Å². The zero-order chi connectivity index (χ0) is 46.0. The Bertz CT molecular complexity index is 3400. The van der Waals surface area contributed by atoms with Gasteiger partial charge in [0.15, 0.2) is 0 Å². The molecule has 0 atom stereocenters. The number of benzene rings is 7. The first kappa shape index (κ1) is 45.6. The van der Waals surface area contributed by atoms with Crippen LogP contribution in [0.15, 0.2) is 164 Å². The first-order chi connectivity index (χ1) is 31.6. The Morgan fingerprint density at radius 1 is 0.567 bits per heavy atom. The molecule has 6 heteroatoms. The molecule has 3 aromatic heterocycles. The Morgan fingerprint density at radius 2 is 1.21 bits per heavy atom. The number of fused-ring (bicyclic) bond motifs is 4. The SMILES string of the molecule is CC(C)(C)Cc1ccnc(-n2c3[c-]c(Oc4[c-]c(-n5[c-][n+](-c6c(-c7ccccc7)cccc6-c6cc(C(C)(C)C)cc(C(C)(C)C)c6)c6ccccc65)ccc4)ccc3c3ccccc32)c1.[Pt]. The number of ether oxygens (including phenoxy) is 1. The largest absolute Gasteiger partial charge is 0.510 e. The van der Waals surface area contributed by atoms with Crippen molar-refractivity contribution in [3.63, 3.8) is 0 Å². The van der Waals surface area contributed by atoms with Crippen LogP contribution in [-0.4, -0.2) is 14.1 Å². The Morgan fingerprint density at radius 3 is 1.93 bits per heavy atom. The molecule has 67 heavy (non-hydrogen) atoms. The van der Waals surface area contributed by atoms with Crippen molar-refractivity contribution >= 4 is 32.8 Å². The fourth-order valence-electron chi connectivity index (χ4n) is 9.14. The van der Waals surface area contributed by atoms with E-state index in [1.807, 2.05) is 24.4 Å². The van der Waals surface area contributed by atoms with Crippen molar-refractivity contribution in [1.29, 1.82) is 0 Å². The van der Waals surface area contributed by atoms with Crippen LogP contribution in [0.5, 0.6) is 11.5 Å². The molecule has 10 rings (SSSR count). The van der Waals surface area contributed by atoms with Gasteiger partial charge in [0, 0.05) is 44.3 Å². The third-order valence-electron chi connectivity index (χ3n) is 12.4. The molecule has 0 unspecified atom stereocenters. The van der Waals surface area contributed by atoms with E-state index in [0.717, 1.165) is 73.1 Å². The predicted molar refractivity (Wildman–Crippen MR) is 271 cm³/mol. The number of para-hydroxylation sites is 4. The van der Waals surface area contributed by atoms with Gasteiger partial charge in [-0.25, -0.2) is 4.98 Å². The van der Waals surface area contributed by atoms with Crippen molar-refractivity contribution in [2.75, 3.05) is 0 Å². The van der Waals surface area contributed by atoms with Crippen LogP contribution >= 0.6 is 0 Å². The summed E-state index contributed by atoms with van der Waals surface area (Å²) in [6.45, 7) is 20.6. The Balaban J connectivity index is 0.00000562. The molecule has 0 N–H and O–H groups in total. The van der Waals surface area contributed by atoms with E-state index in [1.54, 1.807) is 0 Å². The van der Waals surface area contributed by atoms with Crippen molar-refractivity contribution in [1.82, 2.24) is 14.1 Å². The summed E-state index contributed by atoms with van der Waals surface area (Å²) in [5.74, 6) is 2.03. The quantitative estimate of drug-likeness (QED) is 0.112. The fourth-order valence-corrected chi connectivity index (χ4v) is 9.14. The van der Waals surface area contributed by atoms with Crippen LogP contribution in [0.25, 0.3) is 72.3 Å². The Hall–Kier alpha value is -6.55. The van der Waals surface area contributed by atoms with Crippen molar-refractivity contribution in [3.8, 4) is 50.9 Å². The second-order valence-corrected chi connectivity index (χ2v) is 20.8. The molecule has 0 fully saturated rings. The molecule has 5 nitrogen and oxygen atoms in total. The third kappa shape index (κ3) is 9.02. The standard InChI is InChI=1S/C61H56N4O.Pt/c1-59(2,3)39-41-31-32-62-57(33-41)65-53-26-14-13-23-51(53)52-30-29-48(38-56(52)65)66-47-22-17-21-46(37-47)63-40-64(55-28-16-15-27-54(55)63)58-49(42-19-11-10-12-20-42)24-18-25-50(58)43-34-44(60(4,5)6)36-45(35-43)61(7,8)9;/h10-36H,39H2,1-9H3;/q-2;. The molecular formula is C61H56N4OPt-2. The normalized spacial score (nSPS) is 12.2. The van der Waals surface area contributed by atoms with Crippen LogP contribution in [0.4, 0.5) is 0 Å². The minimum absolute atomic E-state index is 0. The second-order valence-electron chi connectivity index (χ2n) is 20.8. The predicted octanol–water partition coefficient (Wildman–Crippen LogP) is 15.1. The van der Waals surface area contributed by atoms with E-state index in [9.17, 15) is 0 Å². The van der Waals surface area contributed by atoms with Crippen molar-refractivity contribution in [2.45, 2.75) is 79.6 Å². The molecule has 0 saturated heterocycles. The van der Waals surface area contributed by atoms with Crippen LogP contribution in [0.1, 0.15) is 79.0 Å². The van der Waals surface area contributed by atoms with Gasteiger partial charge in [-0.3, -0.25) is 4.57 Å². The van der Waals surface area contributed by atoms with Gasteiger partial charge >= 0.3 is 0 Å². The summed E-state index contributed by atoms with van der Waals surface area (Å²) in [6.07, 6.45) is 6.70. The smallest absolute Gasteiger partial charge is 0.268 e. The van der Waals surface area contributed by atoms with E-state index in [1.165, 1.54) is 22.3 Å². The van der Waals surface area contributed by atoms with Crippen LogP contribution < -0.4 is 9.30 Å². The molecule has 338 valence electrons. The summed E-state index contributed by atoms with van der Waals surface area (Å²) in [5.41, 5.74) is 14.4. The molecule has 10 aromatic rings. The van der Waals surface area contributed by atoms with E-state index >= 15 is 0 Å². The molecule has 0 spiro atoms. The molecule has 0 aliphatic carbocycles. The maximum Gasteiger partial charge on any atom is 0.268 e. The molecule has 0 aliphatic heterocycles. The van der Waals surface area contributed by atoms with Crippen LogP contribution in [0.3, 0.4) is 0 Å². The molecule has 7 aromatic carbocycles. The first-order valence-electron chi connectivity index (χ1n) is 23.0. The van der Waals surface area contributed by atoms with Gasteiger partial charge in [0.25, 0.3) is 6.33 Å². The van der Waals surface area contributed by atoms with Crippen LogP contribution in [-0.2, 0) is 38.3 Å². The number of rotatable bonds is 8. The Kier molecular flexibility index (Phi) is 12.0. The van der Waals surface area contributed by atoms with Gasteiger partial charge in [-0.05, 0) is 90.9 Å². The van der Waals surface area contributed by atoms with E-state index < -0.39 is 0 Å². The zero-order valence-corrected chi connectivity index (χ0v) is 42.1. The number of pyridine rings is 1. The van der Waals surface area contributed by atoms with Gasteiger partial charge < -0.3 is 13.9 Å². The summed E-state index contributed by atoms with van der Waals surface area (Å²) in [6, 6.07) is 63.2. The van der Waals surface area contributed by atoms with Crippen LogP contribution in [0, 0.1) is 23.9 Å². The van der Waals surface area contributed by atoms with Crippen molar-refractivity contribution in [2.24, 2.45) is 5.41 Å². The number of aromatic nitrogens is 4. The van der Waals surface area contributed by atoms with Gasteiger partial charge in [0.1, 0.15) is 5.82 Å². The molecule has 0 saturated carbocycles. The molecule has 0 bridgehead atoms. The monoisotopic (exact) mass is 1060 g/mol. The summed E-state index contributed by atoms with van der Waals surface area (Å²) in [5, 5.41) is 2.23. The minimum atomic E-state index is -0.0392. The van der Waals surface area contributed by atoms with Crippen molar-refractivity contribution in [3.05, 3.63) is 199 Å². The summed E-state index contributed by atoms with van der Waals surface area (Å²) in [7, 11) is 0. The number of hydrogen-bond acceptors (Lipinski definition) is 2. The average Bonchev–Trinajstić information content (AvgIpc) is 3.84. The number of imidazole rings is 1. The molecule has 0 amide bonds. The molecule has 3 heterocycles. The van der Waals surface area contributed by atoms with Gasteiger partial charge in [0.05, 0.1) is 16.7 Å². The van der Waals surface area contributed by atoms with E-state index in [0.29, 0.717) is 11.5 Å².